The zero-order valence-electron chi connectivity index (χ0n) is 12.8. The molecule has 5 heteroatoms. The van der Waals surface area contributed by atoms with Gasteiger partial charge in [-0.15, -0.1) is 0 Å². The summed E-state index contributed by atoms with van der Waals surface area (Å²) in [6.45, 7) is -0.124. The van der Waals surface area contributed by atoms with Crippen molar-refractivity contribution >= 4 is 0 Å². The van der Waals surface area contributed by atoms with Crippen molar-refractivity contribution in [3.8, 4) is 11.1 Å². The monoisotopic (exact) mass is 304 g/mol. The number of alkyl halides is 1. The van der Waals surface area contributed by atoms with Gasteiger partial charge in [0.05, 0.1) is 24.4 Å². The van der Waals surface area contributed by atoms with Crippen LogP contribution in [0, 0.1) is 0 Å². The summed E-state index contributed by atoms with van der Waals surface area (Å²) in [4.78, 5) is 4.34. The SMILES string of the molecule is COCc1ccc(-c2ccc([C@@H](OC)[C@H](N)CF)cc2)cn1. The molecule has 2 rings (SSSR count). The summed E-state index contributed by atoms with van der Waals surface area (Å²) in [7, 11) is 3.18. The van der Waals surface area contributed by atoms with Gasteiger partial charge in [0.2, 0.25) is 0 Å². The Labute approximate surface area is 130 Å². The Morgan fingerprint density at radius 3 is 2.27 bits per heavy atom. The lowest BCUT2D eigenvalue weighted by Crippen LogP contribution is -2.31. The maximum atomic E-state index is 12.7. The Bertz CT molecular complexity index is 572. The molecule has 118 valence electrons. The molecule has 1 aromatic heterocycles. The average molecular weight is 304 g/mol. The number of ether oxygens (including phenoxy) is 2. The number of nitrogens with two attached hydrogens (primary N) is 1. The average Bonchev–Trinajstić information content (AvgIpc) is 2.57. The molecule has 2 atom stereocenters. The molecule has 1 aromatic carbocycles. The van der Waals surface area contributed by atoms with Gasteiger partial charge in [0, 0.05) is 26.0 Å². The predicted octanol–water partition coefficient (Wildman–Crippen LogP) is 2.88. The van der Waals surface area contributed by atoms with E-state index in [9.17, 15) is 4.39 Å². The standard InChI is InChI=1S/C17H21FN2O2/c1-21-11-15-8-7-14(10-20-15)12-3-5-13(6-4-12)17(22-2)16(19)9-18/h3-8,10,16-17H,9,11,19H2,1-2H3/t16-,17-/m1/s1. The minimum atomic E-state index is -0.661. The lowest BCUT2D eigenvalue weighted by Gasteiger charge is -2.20. The number of aromatic nitrogens is 1. The number of halogens is 1. The van der Waals surface area contributed by atoms with E-state index in [1.165, 1.54) is 7.11 Å². The van der Waals surface area contributed by atoms with Gasteiger partial charge in [-0.25, -0.2) is 4.39 Å². The fourth-order valence-electron chi connectivity index (χ4n) is 2.33. The van der Waals surface area contributed by atoms with Crippen molar-refractivity contribution in [3.63, 3.8) is 0 Å². The topological polar surface area (TPSA) is 57.4 Å². The molecular weight excluding hydrogens is 283 g/mol. The first-order valence-corrected chi connectivity index (χ1v) is 7.08. The minimum Gasteiger partial charge on any atom is -0.378 e. The second kappa shape index (κ2) is 7.98. The number of methoxy groups -OCH3 is 2. The summed E-state index contributed by atoms with van der Waals surface area (Å²) < 4.78 is 23.1. The van der Waals surface area contributed by atoms with Gasteiger partial charge in [-0.05, 0) is 17.2 Å². The van der Waals surface area contributed by atoms with Gasteiger partial charge in [-0.3, -0.25) is 4.98 Å². The van der Waals surface area contributed by atoms with E-state index in [0.29, 0.717) is 6.61 Å². The van der Waals surface area contributed by atoms with Crippen LogP contribution in [0.5, 0.6) is 0 Å². The van der Waals surface area contributed by atoms with Crippen LogP contribution in [-0.2, 0) is 16.1 Å². The first kappa shape index (κ1) is 16.5. The van der Waals surface area contributed by atoms with Crippen molar-refractivity contribution in [2.75, 3.05) is 20.9 Å². The fraction of sp³-hybridized carbons (Fsp3) is 0.353. The highest BCUT2D eigenvalue weighted by molar-refractivity contribution is 5.62. The molecule has 0 radical (unpaired) electrons. The Morgan fingerprint density at radius 1 is 1.09 bits per heavy atom. The molecule has 0 amide bonds. The zero-order valence-corrected chi connectivity index (χ0v) is 12.8. The van der Waals surface area contributed by atoms with E-state index in [2.05, 4.69) is 4.98 Å². The van der Waals surface area contributed by atoms with E-state index in [1.807, 2.05) is 42.6 Å². The van der Waals surface area contributed by atoms with Gasteiger partial charge in [-0.2, -0.15) is 0 Å². The first-order valence-electron chi connectivity index (χ1n) is 7.08. The maximum absolute atomic E-state index is 12.7. The molecule has 0 saturated heterocycles. The van der Waals surface area contributed by atoms with Crippen molar-refractivity contribution in [1.82, 2.24) is 4.98 Å². The molecule has 0 saturated carbocycles. The Kier molecular flexibility index (Phi) is 6.00. The smallest absolute Gasteiger partial charge is 0.107 e. The highest BCUT2D eigenvalue weighted by Crippen LogP contribution is 2.24. The molecular formula is C17H21FN2O2. The number of rotatable bonds is 7. The van der Waals surface area contributed by atoms with Crippen LogP contribution in [0.2, 0.25) is 0 Å². The first-order chi connectivity index (χ1) is 10.7. The van der Waals surface area contributed by atoms with Crippen LogP contribution in [-0.4, -0.2) is 31.9 Å². The summed E-state index contributed by atoms with van der Waals surface area (Å²) in [5.41, 5.74) is 9.52. The molecule has 22 heavy (non-hydrogen) atoms. The van der Waals surface area contributed by atoms with Gasteiger partial charge >= 0.3 is 0 Å². The van der Waals surface area contributed by atoms with E-state index < -0.39 is 18.8 Å². The van der Waals surface area contributed by atoms with Crippen LogP contribution in [0.3, 0.4) is 0 Å². The molecule has 0 bridgehead atoms. The molecule has 0 aliphatic rings. The van der Waals surface area contributed by atoms with E-state index in [-0.39, 0.29) is 0 Å². The number of hydrogen-bond acceptors (Lipinski definition) is 4. The normalized spacial score (nSPS) is 13.8. The van der Waals surface area contributed by atoms with Gasteiger partial charge in [0.25, 0.3) is 0 Å². The van der Waals surface area contributed by atoms with E-state index >= 15 is 0 Å². The quantitative estimate of drug-likeness (QED) is 0.854. The second-order valence-corrected chi connectivity index (χ2v) is 5.07. The summed E-state index contributed by atoms with van der Waals surface area (Å²) >= 11 is 0. The molecule has 0 unspecified atom stereocenters. The molecule has 0 aliphatic heterocycles. The van der Waals surface area contributed by atoms with Crippen LogP contribution >= 0.6 is 0 Å². The summed E-state index contributed by atoms with van der Waals surface area (Å²) in [6.07, 6.45) is 1.37. The van der Waals surface area contributed by atoms with E-state index in [0.717, 1.165) is 22.4 Å². The molecule has 2 N–H and O–H groups in total. The van der Waals surface area contributed by atoms with Crippen molar-refractivity contribution < 1.29 is 13.9 Å². The Morgan fingerprint density at radius 2 is 1.77 bits per heavy atom. The highest BCUT2D eigenvalue weighted by Gasteiger charge is 2.19. The zero-order chi connectivity index (χ0) is 15.9. The van der Waals surface area contributed by atoms with E-state index in [4.69, 9.17) is 15.2 Å². The number of nitrogens with zero attached hydrogens (tertiary/aromatic N) is 1. The molecule has 0 spiro atoms. The van der Waals surface area contributed by atoms with E-state index in [1.54, 1.807) is 7.11 Å². The van der Waals surface area contributed by atoms with Gasteiger partial charge in [-0.1, -0.05) is 30.3 Å². The lowest BCUT2D eigenvalue weighted by molar-refractivity contribution is 0.0721. The summed E-state index contributed by atoms with van der Waals surface area (Å²) in [5, 5.41) is 0. The van der Waals surface area contributed by atoms with Gasteiger partial charge < -0.3 is 15.2 Å². The highest BCUT2D eigenvalue weighted by atomic mass is 19.1. The van der Waals surface area contributed by atoms with Crippen LogP contribution in [0.25, 0.3) is 11.1 Å². The molecule has 0 aliphatic carbocycles. The van der Waals surface area contributed by atoms with Crippen molar-refractivity contribution in [2.24, 2.45) is 5.73 Å². The third kappa shape index (κ3) is 3.88. The van der Waals surface area contributed by atoms with Crippen molar-refractivity contribution in [3.05, 3.63) is 53.9 Å². The third-order valence-electron chi connectivity index (χ3n) is 3.51. The third-order valence-corrected chi connectivity index (χ3v) is 3.51. The molecule has 4 nitrogen and oxygen atoms in total. The second-order valence-electron chi connectivity index (χ2n) is 5.07. The molecule has 2 aromatic rings. The minimum absolute atomic E-state index is 0.443. The molecule has 0 fully saturated rings. The number of hydrogen-bond donors (Lipinski definition) is 1. The van der Waals surface area contributed by atoms with Crippen molar-refractivity contribution in [1.29, 1.82) is 0 Å². The number of pyridine rings is 1. The Balaban J connectivity index is 2.17. The summed E-state index contributed by atoms with van der Waals surface area (Å²) in [6, 6.07) is 11.0. The van der Waals surface area contributed by atoms with Crippen molar-refractivity contribution in [2.45, 2.75) is 18.8 Å². The van der Waals surface area contributed by atoms with Crippen LogP contribution in [0.4, 0.5) is 4.39 Å². The van der Waals surface area contributed by atoms with Crippen LogP contribution < -0.4 is 5.73 Å². The predicted molar refractivity (Wildman–Crippen MR) is 84.1 cm³/mol. The lowest BCUT2D eigenvalue weighted by atomic mass is 9.99. The fourth-order valence-corrected chi connectivity index (χ4v) is 2.33. The maximum Gasteiger partial charge on any atom is 0.107 e. The summed E-state index contributed by atoms with van der Waals surface area (Å²) in [5.74, 6) is 0. The van der Waals surface area contributed by atoms with Crippen LogP contribution in [0.1, 0.15) is 17.4 Å². The van der Waals surface area contributed by atoms with Crippen LogP contribution in [0.15, 0.2) is 42.6 Å². The van der Waals surface area contributed by atoms with Gasteiger partial charge in [0.1, 0.15) is 6.67 Å². The molecule has 1 heterocycles. The largest absolute Gasteiger partial charge is 0.378 e. The Hall–Kier alpha value is -1.82. The van der Waals surface area contributed by atoms with Gasteiger partial charge in [0.15, 0.2) is 0 Å². The number of benzene rings is 1.